The minimum Gasteiger partial charge on any atom is -0.459 e. The highest BCUT2D eigenvalue weighted by Gasteiger charge is 2.52. The van der Waals surface area contributed by atoms with Crippen molar-refractivity contribution in [1.82, 2.24) is 9.55 Å². The van der Waals surface area contributed by atoms with Crippen molar-refractivity contribution in [3.63, 3.8) is 0 Å². The van der Waals surface area contributed by atoms with E-state index in [-0.39, 0.29) is 22.4 Å². The molecule has 0 aliphatic carbocycles. The fraction of sp³-hybridized carbons (Fsp3) is 0.265. The summed E-state index contributed by atoms with van der Waals surface area (Å²) < 4.78 is 29.7. The minimum absolute atomic E-state index is 0.168. The van der Waals surface area contributed by atoms with Gasteiger partial charge in [-0.2, -0.15) is 0 Å². The number of nitrogens with one attached hydrogen (secondary N) is 1. The summed E-state index contributed by atoms with van der Waals surface area (Å²) >= 11 is 0. The molecule has 6 rings (SSSR count). The fourth-order valence-corrected chi connectivity index (χ4v) is 5.40. The van der Waals surface area contributed by atoms with Crippen molar-refractivity contribution in [1.29, 1.82) is 0 Å². The topological polar surface area (TPSA) is 155 Å². The molecule has 0 amide bonds. The molecule has 0 radical (unpaired) electrons. The highest BCUT2D eigenvalue weighted by molar-refractivity contribution is 5.91. The van der Waals surface area contributed by atoms with Crippen LogP contribution in [0.3, 0.4) is 0 Å². The summed E-state index contributed by atoms with van der Waals surface area (Å²) in [5.74, 6) is -2.29. The second-order valence-corrected chi connectivity index (χ2v) is 10.8. The molecular weight excluding hydrogens is 610 g/mol. The average molecular weight is 642 g/mol. The Morgan fingerprint density at radius 1 is 0.723 bits per heavy atom. The zero-order valence-electron chi connectivity index (χ0n) is 25.1. The third-order valence-electron chi connectivity index (χ3n) is 7.77. The van der Waals surface area contributed by atoms with E-state index >= 15 is 0 Å². The molecule has 1 N–H and O–H groups in total. The lowest BCUT2D eigenvalue weighted by Gasteiger charge is -2.29. The van der Waals surface area contributed by atoms with Crippen LogP contribution < -0.4 is 16.1 Å². The second-order valence-electron chi connectivity index (χ2n) is 10.8. The molecule has 3 aromatic carbocycles. The molecule has 3 heterocycles. The molecule has 13 nitrogen and oxygen atoms in total. The van der Waals surface area contributed by atoms with E-state index in [0.29, 0.717) is 26.3 Å². The van der Waals surface area contributed by atoms with Crippen LogP contribution in [0, 0.1) is 0 Å². The number of anilines is 1. The van der Waals surface area contributed by atoms with Crippen LogP contribution in [0.15, 0.2) is 107 Å². The van der Waals surface area contributed by atoms with Gasteiger partial charge in [0.15, 0.2) is 18.4 Å². The van der Waals surface area contributed by atoms with Crippen molar-refractivity contribution in [2.75, 3.05) is 37.8 Å². The van der Waals surface area contributed by atoms with Gasteiger partial charge in [0.2, 0.25) is 0 Å². The second kappa shape index (κ2) is 14.3. The van der Waals surface area contributed by atoms with Crippen LogP contribution in [0.25, 0.3) is 0 Å². The SMILES string of the molecule is O=C(OC[C@H]1O[C@@H](n2c(=O)[nH]cc(N3CCOCC3)c2=O)[C@H](OC(=O)c2ccccc2)[C@@H]1OC(=O)c1ccccc1)c1ccccc1. The van der Waals surface area contributed by atoms with Crippen LogP contribution in [0.1, 0.15) is 37.3 Å². The highest BCUT2D eigenvalue weighted by Crippen LogP contribution is 2.34. The van der Waals surface area contributed by atoms with Gasteiger partial charge in [-0.1, -0.05) is 54.6 Å². The summed E-state index contributed by atoms with van der Waals surface area (Å²) in [5, 5.41) is 0. The van der Waals surface area contributed by atoms with E-state index in [9.17, 15) is 24.0 Å². The quantitative estimate of drug-likeness (QED) is 0.212. The van der Waals surface area contributed by atoms with Gasteiger partial charge in [0.25, 0.3) is 5.56 Å². The lowest BCUT2D eigenvalue weighted by atomic mass is 10.1. The summed E-state index contributed by atoms with van der Waals surface area (Å²) in [5.41, 5.74) is -0.793. The van der Waals surface area contributed by atoms with Crippen LogP contribution >= 0.6 is 0 Å². The Kier molecular flexibility index (Phi) is 9.55. The smallest absolute Gasteiger partial charge is 0.338 e. The van der Waals surface area contributed by atoms with Gasteiger partial charge < -0.3 is 33.6 Å². The van der Waals surface area contributed by atoms with E-state index in [1.54, 1.807) is 71.6 Å². The van der Waals surface area contributed by atoms with Crippen molar-refractivity contribution >= 4 is 23.6 Å². The molecule has 1 aromatic heterocycles. The Labute approximate surface area is 268 Å². The van der Waals surface area contributed by atoms with E-state index in [0.717, 1.165) is 4.57 Å². The molecule has 4 atom stereocenters. The molecular formula is C34H31N3O10. The first-order chi connectivity index (χ1) is 22.9. The first kappa shape index (κ1) is 31.5. The third kappa shape index (κ3) is 7.00. The van der Waals surface area contributed by atoms with Gasteiger partial charge in [0, 0.05) is 19.3 Å². The predicted molar refractivity (Wildman–Crippen MR) is 166 cm³/mol. The Morgan fingerprint density at radius 3 is 1.79 bits per heavy atom. The number of H-pyrrole nitrogens is 1. The molecule has 0 saturated carbocycles. The van der Waals surface area contributed by atoms with Crippen molar-refractivity contribution in [2.24, 2.45) is 0 Å². The number of nitrogens with zero attached hydrogens (tertiary/aromatic N) is 2. The molecule has 4 aromatic rings. The number of hydrogen-bond donors (Lipinski definition) is 1. The number of esters is 3. The maximum absolute atomic E-state index is 13.9. The summed E-state index contributed by atoms with van der Waals surface area (Å²) in [6, 6.07) is 24.3. The van der Waals surface area contributed by atoms with Crippen LogP contribution in [0.2, 0.25) is 0 Å². The van der Waals surface area contributed by atoms with Crippen molar-refractivity contribution in [3.8, 4) is 0 Å². The van der Waals surface area contributed by atoms with Crippen molar-refractivity contribution in [3.05, 3.63) is 135 Å². The van der Waals surface area contributed by atoms with Gasteiger partial charge in [0.1, 0.15) is 18.4 Å². The molecule has 0 spiro atoms. The van der Waals surface area contributed by atoms with E-state index in [2.05, 4.69) is 4.98 Å². The standard InChI is InChI=1S/C34H31N3O10/c38-29-25(36-16-18-43-19-17-36)20-35-34(42)37(29)30-28(47-33(41)24-14-8-3-9-15-24)27(46-32(40)23-12-6-2-7-13-23)26(45-30)21-44-31(39)22-10-4-1-5-11-22/h1-15,20,26-28,30H,16-19,21H2,(H,35,42)/t26-,27-,28-,30-/m1/s1. The maximum Gasteiger partial charge on any atom is 0.338 e. The summed E-state index contributed by atoms with van der Waals surface area (Å²) in [4.78, 5) is 71.2. The van der Waals surface area contributed by atoms with Crippen molar-refractivity contribution < 1.29 is 38.1 Å². The molecule has 2 saturated heterocycles. The number of benzene rings is 3. The minimum atomic E-state index is -1.58. The third-order valence-corrected chi connectivity index (χ3v) is 7.77. The number of ether oxygens (including phenoxy) is 5. The number of hydrogen-bond acceptors (Lipinski definition) is 11. The molecule has 13 heteroatoms. The van der Waals surface area contributed by atoms with Gasteiger partial charge in [-0.05, 0) is 36.4 Å². The Bertz CT molecular complexity index is 1820. The number of aromatic nitrogens is 2. The van der Waals surface area contributed by atoms with Crippen LogP contribution in [-0.4, -0.2) is 78.7 Å². The van der Waals surface area contributed by atoms with Gasteiger partial charge in [0.05, 0.1) is 29.9 Å². The average Bonchev–Trinajstić information content (AvgIpc) is 3.44. The number of carbonyl (C=O) groups is 3. The summed E-state index contributed by atoms with van der Waals surface area (Å²) in [7, 11) is 0. The fourth-order valence-electron chi connectivity index (χ4n) is 5.40. The molecule has 242 valence electrons. The number of aromatic amines is 1. The highest BCUT2D eigenvalue weighted by atomic mass is 16.7. The lowest BCUT2D eigenvalue weighted by molar-refractivity contribution is -0.0652. The predicted octanol–water partition coefficient (Wildman–Crippen LogP) is 2.58. The first-order valence-corrected chi connectivity index (χ1v) is 15.0. The monoisotopic (exact) mass is 641 g/mol. The van der Waals surface area contributed by atoms with Crippen molar-refractivity contribution in [2.45, 2.75) is 24.5 Å². The van der Waals surface area contributed by atoms with Gasteiger partial charge in [-0.3, -0.25) is 4.79 Å². The molecule has 2 fully saturated rings. The molecule has 2 aliphatic heterocycles. The Morgan fingerprint density at radius 2 is 1.23 bits per heavy atom. The van der Waals surface area contributed by atoms with Gasteiger partial charge >= 0.3 is 23.6 Å². The van der Waals surface area contributed by atoms with E-state index in [1.807, 2.05) is 0 Å². The summed E-state index contributed by atoms with van der Waals surface area (Å²) in [6.07, 6.45) is -4.46. The lowest BCUT2D eigenvalue weighted by Crippen LogP contribution is -2.48. The Hall–Kier alpha value is -5.53. The Balaban J connectivity index is 1.40. The number of morpholine rings is 1. The molecule has 47 heavy (non-hydrogen) atoms. The normalized spacial score (nSPS) is 20.7. The zero-order valence-corrected chi connectivity index (χ0v) is 25.1. The summed E-state index contributed by atoms with van der Waals surface area (Å²) in [6.45, 7) is 1.08. The van der Waals surface area contributed by atoms with Gasteiger partial charge in [-0.15, -0.1) is 0 Å². The van der Waals surface area contributed by atoms with Crippen LogP contribution in [-0.2, 0) is 23.7 Å². The molecule has 2 aliphatic rings. The molecule has 0 unspecified atom stereocenters. The largest absolute Gasteiger partial charge is 0.459 e. The maximum atomic E-state index is 13.9. The first-order valence-electron chi connectivity index (χ1n) is 15.0. The number of carbonyl (C=O) groups excluding carboxylic acids is 3. The molecule has 0 bridgehead atoms. The van der Waals surface area contributed by atoms with Crippen LogP contribution in [0.5, 0.6) is 0 Å². The van der Waals surface area contributed by atoms with E-state index < -0.39 is 60.3 Å². The number of rotatable bonds is 9. The van der Waals surface area contributed by atoms with Crippen LogP contribution in [0.4, 0.5) is 5.69 Å². The van der Waals surface area contributed by atoms with Gasteiger partial charge in [-0.25, -0.2) is 23.7 Å². The van der Waals surface area contributed by atoms with E-state index in [4.69, 9.17) is 23.7 Å². The van der Waals surface area contributed by atoms with E-state index in [1.165, 1.54) is 30.5 Å². The zero-order chi connectivity index (χ0) is 32.8.